The van der Waals surface area contributed by atoms with Crippen LogP contribution in [-0.2, 0) is 11.2 Å². The molecule has 0 atom stereocenters. The maximum atomic E-state index is 12.6. The summed E-state index contributed by atoms with van der Waals surface area (Å²) in [7, 11) is 0. The molecule has 0 aromatic heterocycles. The number of rotatable bonds is 5. The van der Waals surface area contributed by atoms with E-state index in [2.05, 4.69) is 4.74 Å². The van der Waals surface area contributed by atoms with Crippen molar-refractivity contribution >= 4 is 5.78 Å². The predicted octanol–water partition coefficient (Wildman–Crippen LogP) is 3.36. The van der Waals surface area contributed by atoms with Gasteiger partial charge in [0.05, 0.1) is 5.56 Å². The van der Waals surface area contributed by atoms with Crippen molar-refractivity contribution in [2.24, 2.45) is 0 Å². The summed E-state index contributed by atoms with van der Waals surface area (Å²) in [6.45, 7) is -1.97. The van der Waals surface area contributed by atoms with Crippen LogP contribution in [0.5, 0.6) is 5.75 Å². The monoisotopic (exact) mass is 250 g/mol. The number of alkyl halides is 4. The summed E-state index contributed by atoms with van der Waals surface area (Å²) < 4.78 is 53.5. The summed E-state index contributed by atoms with van der Waals surface area (Å²) >= 11 is 0. The normalized spacial score (nSPS) is 11.0. The zero-order valence-corrected chi connectivity index (χ0v) is 8.92. The Balaban J connectivity index is 3.18. The van der Waals surface area contributed by atoms with Crippen LogP contribution in [0.2, 0.25) is 0 Å². The molecule has 0 fully saturated rings. The van der Waals surface area contributed by atoms with Crippen molar-refractivity contribution in [1.29, 1.82) is 0 Å². The Morgan fingerprint density at radius 2 is 1.94 bits per heavy atom. The van der Waals surface area contributed by atoms with Crippen LogP contribution in [0.4, 0.5) is 17.6 Å². The maximum Gasteiger partial charge on any atom is 0.387 e. The molecule has 0 amide bonds. The minimum atomic E-state index is -3.21. The van der Waals surface area contributed by atoms with E-state index in [1.165, 1.54) is 19.1 Å². The van der Waals surface area contributed by atoms with E-state index in [0.29, 0.717) is 0 Å². The van der Waals surface area contributed by atoms with Crippen LogP contribution in [0.3, 0.4) is 0 Å². The Labute approximate surface area is 95.2 Å². The average molecular weight is 250 g/mol. The molecule has 0 bridgehead atoms. The Kier molecular flexibility index (Phi) is 4.48. The highest BCUT2D eigenvalue weighted by molar-refractivity contribution is 5.79. The van der Waals surface area contributed by atoms with E-state index in [9.17, 15) is 22.4 Å². The van der Waals surface area contributed by atoms with Crippen LogP contribution in [0, 0.1) is 0 Å². The number of carbonyl (C=O) groups is 1. The zero-order chi connectivity index (χ0) is 13.0. The highest BCUT2D eigenvalue weighted by Gasteiger charge is 2.20. The molecule has 17 heavy (non-hydrogen) atoms. The molecular formula is C11H10F4O2. The molecule has 6 heteroatoms. The average Bonchev–Trinajstić information content (AvgIpc) is 2.18. The summed E-state index contributed by atoms with van der Waals surface area (Å²) in [5.74, 6) is -0.928. The van der Waals surface area contributed by atoms with Gasteiger partial charge in [0.1, 0.15) is 11.5 Å². The van der Waals surface area contributed by atoms with Gasteiger partial charge in [0, 0.05) is 12.0 Å². The molecule has 0 heterocycles. The van der Waals surface area contributed by atoms with Crippen LogP contribution in [-0.4, -0.2) is 12.4 Å². The van der Waals surface area contributed by atoms with E-state index in [1.807, 2.05) is 0 Å². The molecule has 1 rings (SSSR count). The largest absolute Gasteiger partial charge is 0.434 e. The number of hydrogen-bond acceptors (Lipinski definition) is 2. The van der Waals surface area contributed by atoms with E-state index in [4.69, 9.17) is 0 Å². The molecule has 0 aliphatic carbocycles. The van der Waals surface area contributed by atoms with Crippen molar-refractivity contribution in [3.63, 3.8) is 0 Å². The van der Waals surface area contributed by atoms with E-state index in [0.717, 1.165) is 6.07 Å². The first-order valence-corrected chi connectivity index (χ1v) is 4.76. The number of ether oxygens (including phenoxy) is 1. The van der Waals surface area contributed by atoms with Crippen LogP contribution in [0.1, 0.15) is 24.5 Å². The van der Waals surface area contributed by atoms with Gasteiger partial charge in [-0.05, 0) is 13.0 Å². The molecule has 0 unspecified atom stereocenters. The van der Waals surface area contributed by atoms with Gasteiger partial charge in [-0.2, -0.15) is 8.78 Å². The lowest BCUT2D eigenvalue weighted by molar-refractivity contribution is -0.116. The molecule has 0 saturated heterocycles. The molecule has 0 aliphatic heterocycles. The van der Waals surface area contributed by atoms with Crippen molar-refractivity contribution in [3.05, 3.63) is 29.3 Å². The number of halogens is 4. The third-order valence-corrected chi connectivity index (χ3v) is 2.01. The third kappa shape index (κ3) is 3.72. The van der Waals surface area contributed by atoms with Gasteiger partial charge in [-0.15, -0.1) is 0 Å². The minimum Gasteiger partial charge on any atom is -0.434 e. The number of para-hydroxylation sites is 1. The van der Waals surface area contributed by atoms with E-state index < -0.39 is 24.3 Å². The standard InChI is InChI=1S/C11H10F4O2/c1-6(16)5-7-3-2-4-8(10(12)13)9(7)17-11(14)15/h2-4,10-11H,5H2,1H3. The Morgan fingerprint density at radius 3 is 2.41 bits per heavy atom. The first-order valence-electron chi connectivity index (χ1n) is 4.76. The summed E-state index contributed by atoms with van der Waals surface area (Å²) in [4.78, 5) is 10.9. The van der Waals surface area contributed by atoms with Crippen molar-refractivity contribution in [1.82, 2.24) is 0 Å². The molecule has 0 aliphatic rings. The second kappa shape index (κ2) is 5.65. The smallest absolute Gasteiger partial charge is 0.387 e. The number of ketones is 1. The van der Waals surface area contributed by atoms with E-state index in [-0.39, 0.29) is 17.8 Å². The van der Waals surface area contributed by atoms with Crippen molar-refractivity contribution < 1.29 is 27.1 Å². The third-order valence-electron chi connectivity index (χ3n) is 2.01. The fourth-order valence-corrected chi connectivity index (χ4v) is 1.42. The van der Waals surface area contributed by atoms with Crippen LogP contribution >= 0.6 is 0 Å². The summed E-state index contributed by atoms with van der Waals surface area (Å²) in [6, 6.07) is 3.58. The van der Waals surface area contributed by atoms with Crippen LogP contribution in [0.15, 0.2) is 18.2 Å². The first kappa shape index (κ1) is 13.5. The van der Waals surface area contributed by atoms with Crippen LogP contribution < -0.4 is 4.74 Å². The highest BCUT2D eigenvalue weighted by Crippen LogP contribution is 2.33. The summed E-state index contributed by atoms with van der Waals surface area (Å²) in [5, 5.41) is 0. The van der Waals surface area contributed by atoms with Crippen molar-refractivity contribution in [2.45, 2.75) is 26.4 Å². The van der Waals surface area contributed by atoms with E-state index in [1.54, 1.807) is 0 Å². The molecule has 94 valence electrons. The lowest BCUT2D eigenvalue weighted by Gasteiger charge is -2.14. The van der Waals surface area contributed by atoms with Gasteiger partial charge in [0.15, 0.2) is 0 Å². The number of hydrogen-bond donors (Lipinski definition) is 0. The molecule has 1 aromatic rings. The van der Waals surface area contributed by atoms with Gasteiger partial charge in [-0.25, -0.2) is 8.78 Å². The second-order valence-corrected chi connectivity index (χ2v) is 3.39. The zero-order valence-electron chi connectivity index (χ0n) is 8.92. The lowest BCUT2D eigenvalue weighted by atomic mass is 10.0. The topological polar surface area (TPSA) is 26.3 Å². The van der Waals surface area contributed by atoms with E-state index >= 15 is 0 Å². The maximum absolute atomic E-state index is 12.6. The van der Waals surface area contributed by atoms with Gasteiger partial charge >= 0.3 is 6.61 Å². The molecular weight excluding hydrogens is 240 g/mol. The Morgan fingerprint density at radius 1 is 1.29 bits per heavy atom. The minimum absolute atomic E-state index is 0.0376. The fraction of sp³-hybridized carbons (Fsp3) is 0.364. The molecule has 1 aromatic carbocycles. The molecule has 0 N–H and O–H groups in total. The lowest BCUT2D eigenvalue weighted by Crippen LogP contribution is -2.09. The summed E-state index contributed by atoms with van der Waals surface area (Å²) in [5.41, 5.74) is -0.598. The molecule has 2 nitrogen and oxygen atoms in total. The first-order chi connectivity index (χ1) is 7.91. The van der Waals surface area contributed by atoms with Gasteiger partial charge < -0.3 is 4.74 Å². The predicted molar refractivity (Wildman–Crippen MR) is 52.4 cm³/mol. The molecule has 0 spiro atoms. The highest BCUT2D eigenvalue weighted by atomic mass is 19.3. The van der Waals surface area contributed by atoms with Gasteiger partial charge in [-0.3, -0.25) is 4.79 Å². The fourth-order valence-electron chi connectivity index (χ4n) is 1.42. The SMILES string of the molecule is CC(=O)Cc1cccc(C(F)F)c1OC(F)F. The number of benzene rings is 1. The molecule has 0 radical (unpaired) electrons. The number of carbonyl (C=O) groups excluding carboxylic acids is 1. The van der Waals surface area contributed by atoms with Gasteiger partial charge in [-0.1, -0.05) is 12.1 Å². The van der Waals surface area contributed by atoms with Crippen molar-refractivity contribution in [2.75, 3.05) is 0 Å². The summed E-state index contributed by atoms with van der Waals surface area (Å²) in [6.07, 6.45) is -3.15. The quantitative estimate of drug-likeness (QED) is 0.749. The van der Waals surface area contributed by atoms with Crippen LogP contribution in [0.25, 0.3) is 0 Å². The van der Waals surface area contributed by atoms with Gasteiger partial charge in [0.25, 0.3) is 6.43 Å². The second-order valence-electron chi connectivity index (χ2n) is 3.39. The number of Topliss-reactive ketones (excluding diaryl/α,β-unsaturated/α-hetero) is 1. The Hall–Kier alpha value is -1.59. The Bertz CT molecular complexity index is 404. The van der Waals surface area contributed by atoms with Crippen molar-refractivity contribution in [3.8, 4) is 5.75 Å². The molecule has 0 saturated carbocycles. The van der Waals surface area contributed by atoms with Gasteiger partial charge in [0.2, 0.25) is 0 Å².